The molecule has 0 spiro atoms. The van der Waals surface area contributed by atoms with Crippen molar-refractivity contribution in [2.45, 2.75) is 13.5 Å². The highest BCUT2D eigenvalue weighted by atomic mass is 16.5. The first-order chi connectivity index (χ1) is 6.33. The van der Waals surface area contributed by atoms with Gasteiger partial charge in [-0.1, -0.05) is 30.3 Å². The fourth-order valence-corrected chi connectivity index (χ4v) is 0.941. The minimum Gasteiger partial charge on any atom is -0.516 e. The largest absolute Gasteiger partial charge is 0.516 e. The van der Waals surface area contributed by atoms with Crippen LogP contribution < -0.4 is 0 Å². The third-order valence-corrected chi connectivity index (χ3v) is 1.66. The summed E-state index contributed by atoms with van der Waals surface area (Å²) in [7, 11) is 0. The quantitative estimate of drug-likeness (QED) is 0.718. The Morgan fingerprint density at radius 3 is 2.69 bits per heavy atom. The number of aliphatic hydroxyl groups is 1. The Hall–Kier alpha value is -1.28. The van der Waals surface area contributed by atoms with E-state index in [4.69, 9.17) is 9.84 Å². The molecule has 0 saturated heterocycles. The van der Waals surface area contributed by atoms with Crippen LogP contribution in [0.1, 0.15) is 12.5 Å². The third-order valence-electron chi connectivity index (χ3n) is 1.66. The van der Waals surface area contributed by atoms with Crippen molar-refractivity contribution in [3.63, 3.8) is 0 Å². The van der Waals surface area contributed by atoms with Crippen LogP contribution in [0.5, 0.6) is 0 Å². The van der Waals surface area contributed by atoms with Gasteiger partial charge in [-0.25, -0.2) is 0 Å². The maximum Gasteiger partial charge on any atom is 0.0803 e. The fourth-order valence-electron chi connectivity index (χ4n) is 0.941. The highest BCUT2D eigenvalue weighted by Crippen LogP contribution is 2.01. The number of rotatable bonds is 4. The average Bonchev–Trinajstić information content (AvgIpc) is 2.19. The van der Waals surface area contributed by atoms with E-state index < -0.39 is 0 Å². The Labute approximate surface area is 78.5 Å². The highest BCUT2D eigenvalue weighted by molar-refractivity contribution is 5.13. The number of benzene rings is 1. The van der Waals surface area contributed by atoms with Crippen LogP contribution in [0.2, 0.25) is 0 Å². The molecule has 2 nitrogen and oxygen atoms in total. The molecule has 0 aromatic heterocycles. The van der Waals surface area contributed by atoms with E-state index in [1.54, 1.807) is 0 Å². The molecule has 13 heavy (non-hydrogen) atoms. The molecule has 70 valence electrons. The van der Waals surface area contributed by atoms with Gasteiger partial charge in [0.15, 0.2) is 0 Å². The van der Waals surface area contributed by atoms with Gasteiger partial charge in [-0.3, -0.25) is 0 Å². The van der Waals surface area contributed by atoms with E-state index in [9.17, 15) is 0 Å². The lowest BCUT2D eigenvalue weighted by molar-refractivity contribution is 0.141. The molecular formula is C11H14O2. The van der Waals surface area contributed by atoms with Gasteiger partial charge in [0.05, 0.1) is 19.5 Å². The molecule has 1 aromatic rings. The van der Waals surface area contributed by atoms with Gasteiger partial charge in [0.2, 0.25) is 0 Å². The number of ether oxygens (including phenoxy) is 1. The predicted molar refractivity (Wildman–Crippen MR) is 52.5 cm³/mol. The van der Waals surface area contributed by atoms with Gasteiger partial charge in [0.1, 0.15) is 0 Å². The summed E-state index contributed by atoms with van der Waals surface area (Å²) in [4.78, 5) is 0. The van der Waals surface area contributed by atoms with Crippen molar-refractivity contribution in [2.75, 3.05) is 6.61 Å². The van der Waals surface area contributed by atoms with Crippen molar-refractivity contribution in [3.8, 4) is 0 Å². The third kappa shape index (κ3) is 3.76. The van der Waals surface area contributed by atoms with Crippen LogP contribution in [0, 0.1) is 0 Å². The van der Waals surface area contributed by atoms with Gasteiger partial charge in [0.25, 0.3) is 0 Å². The molecular weight excluding hydrogens is 164 g/mol. The van der Waals surface area contributed by atoms with Crippen molar-refractivity contribution < 1.29 is 9.84 Å². The Kier molecular flexibility index (Phi) is 4.06. The summed E-state index contributed by atoms with van der Waals surface area (Å²) in [6.07, 6.45) is 1.07. The van der Waals surface area contributed by atoms with E-state index in [1.807, 2.05) is 37.3 Å². The molecule has 0 aliphatic rings. The van der Waals surface area contributed by atoms with E-state index in [0.29, 0.717) is 13.2 Å². The van der Waals surface area contributed by atoms with E-state index in [2.05, 4.69) is 0 Å². The molecule has 0 unspecified atom stereocenters. The molecule has 0 heterocycles. The van der Waals surface area contributed by atoms with Crippen LogP contribution in [-0.4, -0.2) is 11.7 Å². The van der Waals surface area contributed by atoms with Crippen LogP contribution in [0.3, 0.4) is 0 Å². The first kappa shape index (κ1) is 9.81. The zero-order valence-corrected chi connectivity index (χ0v) is 7.73. The van der Waals surface area contributed by atoms with Crippen molar-refractivity contribution in [1.29, 1.82) is 0 Å². The minimum absolute atomic E-state index is 0.478. The molecule has 1 aromatic carbocycles. The summed E-state index contributed by atoms with van der Waals surface area (Å²) >= 11 is 0. The Morgan fingerprint density at radius 2 is 2.08 bits per heavy atom. The van der Waals surface area contributed by atoms with E-state index >= 15 is 0 Å². The van der Waals surface area contributed by atoms with Gasteiger partial charge in [0, 0.05) is 0 Å². The Balaban J connectivity index is 2.28. The lowest BCUT2D eigenvalue weighted by Gasteiger charge is -2.03. The molecule has 0 bridgehead atoms. The van der Waals surface area contributed by atoms with Gasteiger partial charge in [-0.05, 0) is 18.1 Å². The normalized spacial score (nSPS) is 11.6. The predicted octanol–water partition coefficient (Wildman–Crippen LogP) is 2.67. The van der Waals surface area contributed by atoms with E-state index in [1.165, 1.54) is 0 Å². The highest BCUT2D eigenvalue weighted by Gasteiger charge is 1.92. The Morgan fingerprint density at radius 1 is 1.38 bits per heavy atom. The van der Waals surface area contributed by atoms with Gasteiger partial charge in [-0.2, -0.15) is 0 Å². The smallest absolute Gasteiger partial charge is 0.0803 e. The second-order valence-electron chi connectivity index (χ2n) is 2.95. The summed E-state index contributed by atoms with van der Waals surface area (Å²) in [5.41, 5.74) is 1.98. The number of hydrogen-bond acceptors (Lipinski definition) is 2. The van der Waals surface area contributed by atoms with Gasteiger partial charge < -0.3 is 9.84 Å². The molecule has 0 aliphatic carbocycles. The summed E-state index contributed by atoms with van der Waals surface area (Å²) < 4.78 is 5.34. The molecule has 0 aliphatic heterocycles. The fraction of sp³-hybridized carbons (Fsp3) is 0.273. The van der Waals surface area contributed by atoms with E-state index in [-0.39, 0.29) is 0 Å². The molecule has 1 N–H and O–H groups in total. The molecule has 1 rings (SSSR count). The first-order valence-corrected chi connectivity index (χ1v) is 4.24. The van der Waals surface area contributed by atoms with Crippen LogP contribution in [0.15, 0.2) is 42.2 Å². The minimum atomic E-state index is 0.478. The summed E-state index contributed by atoms with van der Waals surface area (Å²) in [6, 6.07) is 9.96. The SMILES string of the molecule is CC(=CO)COCc1ccccc1. The zero-order chi connectivity index (χ0) is 9.52. The molecule has 2 heteroatoms. The maximum atomic E-state index is 8.59. The lowest BCUT2D eigenvalue weighted by Crippen LogP contribution is -1.96. The van der Waals surface area contributed by atoms with Crippen molar-refractivity contribution >= 4 is 0 Å². The van der Waals surface area contributed by atoms with Crippen molar-refractivity contribution in [3.05, 3.63) is 47.7 Å². The lowest BCUT2D eigenvalue weighted by atomic mass is 10.2. The number of hydrogen-bond donors (Lipinski definition) is 1. The van der Waals surface area contributed by atoms with Crippen molar-refractivity contribution in [2.24, 2.45) is 0 Å². The zero-order valence-electron chi connectivity index (χ0n) is 7.73. The summed E-state index contributed by atoms with van der Waals surface area (Å²) in [5, 5.41) is 8.59. The average molecular weight is 178 g/mol. The summed E-state index contributed by atoms with van der Waals surface area (Å²) in [5.74, 6) is 0. The molecule has 0 atom stereocenters. The standard InChI is InChI=1S/C11H14O2/c1-10(7-12)8-13-9-11-5-3-2-4-6-11/h2-7,12H,8-9H2,1H3. The molecule has 0 amide bonds. The Bertz CT molecular complexity index is 265. The second kappa shape index (κ2) is 5.38. The van der Waals surface area contributed by atoms with Crippen LogP contribution in [0.25, 0.3) is 0 Å². The first-order valence-electron chi connectivity index (χ1n) is 4.24. The van der Waals surface area contributed by atoms with Crippen LogP contribution in [-0.2, 0) is 11.3 Å². The summed E-state index contributed by atoms with van der Waals surface area (Å²) in [6.45, 7) is 2.89. The molecule has 0 fully saturated rings. The van der Waals surface area contributed by atoms with Crippen molar-refractivity contribution in [1.82, 2.24) is 0 Å². The van der Waals surface area contributed by atoms with Gasteiger partial charge in [-0.15, -0.1) is 0 Å². The van der Waals surface area contributed by atoms with Crippen LogP contribution >= 0.6 is 0 Å². The maximum absolute atomic E-state index is 8.59. The molecule has 0 saturated carbocycles. The monoisotopic (exact) mass is 178 g/mol. The van der Waals surface area contributed by atoms with Crippen LogP contribution in [0.4, 0.5) is 0 Å². The number of aliphatic hydroxyl groups excluding tert-OH is 1. The topological polar surface area (TPSA) is 29.5 Å². The second-order valence-corrected chi connectivity index (χ2v) is 2.95. The molecule has 0 radical (unpaired) electrons. The van der Waals surface area contributed by atoms with Gasteiger partial charge >= 0.3 is 0 Å². The van der Waals surface area contributed by atoms with E-state index in [0.717, 1.165) is 17.4 Å².